The van der Waals surface area contributed by atoms with E-state index in [1.54, 1.807) is 10.7 Å². The Morgan fingerprint density at radius 2 is 1.49 bits per heavy atom. The molecule has 3 aromatic carbocycles. The van der Waals surface area contributed by atoms with Crippen molar-refractivity contribution in [1.82, 2.24) is 15.1 Å². The molecule has 1 amide bonds. The van der Waals surface area contributed by atoms with E-state index in [1.807, 2.05) is 43.3 Å². The van der Waals surface area contributed by atoms with Crippen LogP contribution in [0.5, 0.6) is 0 Å². The zero-order valence-corrected chi connectivity index (χ0v) is 19.7. The Morgan fingerprint density at radius 1 is 0.914 bits per heavy atom. The molecule has 1 saturated heterocycles. The SMILES string of the molecule is Cc1cc(C(N)=O)nn1-c1ccc(Cc2ccc(-c3ccc(C(=O)CC4CNC4)cc3)cc2)cc1. The second kappa shape index (κ2) is 9.68. The summed E-state index contributed by atoms with van der Waals surface area (Å²) in [6, 6.07) is 26.3. The number of amides is 1. The van der Waals surface area contributed by atoms with Crippen LogP contribution in [0.25, 0.3) is 16.8 Å². The van der Waals surface area contributed by atoms with E-state index in [2.05, 4.69) is 46.8 Å². The van der Waals surface area contributed by atoms with Crippen molar-refractivity contribution in [3.8, 4) is 16.8 Å². The topological polar surface area (TPSA) is 90.0 Å². The van der Waals surface area contributed by atoms with Gasteiger partial charge in [-0.2, -0.15) is 5.10 Å². The van der Waals surface area contributed by atoms with Gasteiger partial charge in [0.15, 0.2) is 11.5 Å². The van der Waals surface area contributed by atoms with Crippen LogP contribution in [0.1, 0.15) is 44.1 Å². The Bertz CT molecular complexity index is 1350. The molecule has 5 rings (SSSR count). The maximum absolute atomic E-state index is 12.4. The van der Waals surface area contributed by atoms with E-state index in [-0.39, 0.29) is 11.5 Å². The minimum atomic E-state index is -0.530. The molecule has 0 aliphatic carbocycles. The number of ketones is 1. The van der Waals surface area contributed by atoms with E-state index in [1.165, 1.54) is 11.1 Å². The molecule has 1 aliphatic heterocycles. The first-order valence-corrected chi connectivity index (χ1v) is 11.9. The van der Waals surface area contributed by atoms with E-state index >= 15 is 0 Å². The van der Waals surface area contributed by atoms with Crippen LogP contribution in [0.15, 0.2) is 78.9 Å². The Kier molecular flexibility index (Phi) is 6.29. The number of hydrogen-bond donors (Lipinski definition) is 2. The van der Waals surface area contributed by atoms with Crippen LogP contribution in [0.2, 0.25) is 0 Å². The Balaban J connectivity index is 1.23. The van der Waals surface area contributed by atoms with Gasteiger partial charge < -0.3 is 11.1 Å². The highest BCUT2D eigenvalue weighted by Gasteiger charge is 2.20. The summed E-state index contributed by atoms with van der Waals surface area (Å²) in [5.74, 6) is 0.175. The van der Waals surface area contributed by atoms with Gasteiger partial charge in [-0.3, -0.25) is 9.59 Å². The highest BCUT2D eigenvalue weighted by atomic mass is 16.1. The van der Waals surface area contributed by atoms with Crippen molar-refractivity contribution in [2.45, 2.75) is 19.8 Å². The predicted molar refractivity (Wildman–Crippen MR) is 137 cm³/mol. The molecule has 1 aliphatic rings. The summed E-state index contributed by atoms with van der Waals surface area (Å²) in [5.41, 5.74) is 12.8. The minimum absolute atomic E-state index is 0.223. The zero-order valence-electron chi connectivity index (χ0n) is 19.7. The number of nitrogens with one attached hydrogen (secondary N) is 1. The van der Waals surface area contributed by atoms with Crippen LogP contribution in [-0.2, 0) is 6.42 Å². The van der Waals surface area contributed by atoms with Crippen molar-refractivity contribution < 1.29 is 9.59 Å². The van der Waals surface area contributed by atoms with Gasteiger partial charge in [0.25, 0.3) is 5.91 Å². The van der Waals surface area contributed by atoms with Crippen LogP contribution in [0, 0.1) is 12.8 Å². The number of nitrogens with two attached hydrogens (primary N) is 1. The molecule has 1 fully saturated rings. The summed E-state index contributed by atoms with van der Waals surface area (Å²) in [6.45, 7) is 3.79. The number of hydrogen-bond acceptors (Lipinski definition) is 4. The molecular weight excluding hydrogens is 436 g/mol. The van der Waals surface area contributed by atoms with E-state index in [9.17, 15) is 9.59 Å². The molecule has 176 valence electrons. The molecule has 6 heteroatoms. The third-order valence-electron chi connectivity index (χ3n) is 6.56. The van der Waals surface area contributed by atoms with Crippen LogP contribution >= 0.6 is 0 Å². The van der Waals surface area contributed by atoms with Crippen LogP contribution in [0.4, 0.5) is 0 Å². The molecule has 1 aromatic heterocycles. The van der Waals surface area contributed by atoms with Crippen LogP contribution in [0.3, 0.4) is 0 Å². The predicted octanol–water partition coefficient (Wildman–Crippen LogP) is 4.33. The molecule has 0 bridgehead atoms. The largest absolute Gasteiger partial charge is 0.364 e. The first-order chi connectivity index (χ1) is 17.0. The summed E-state index contributed by atoms with van der Waals surface area (Å²) in [4.78, 5) is 23.8. The molecule has 0 unspecified atom stereocenters. The fourth-order valence-corrected chi connectivity index (χ4v) is 4.38. The first kappa shape index (κ1) is 22.7. The van der Waals surface area contributed by atoms with Gasteiger partial charge in [0, 0.05) is 17.7 Å². The van der Waals surface area contributed by atoms with Crippen molar-refractivity contribution in [2.24, 2.45) is 11.7 Å². The van der Waals surface area contributed by atoms with Crippen LogP contribution < -0.4 is 11.1 Å². The van der Waals surface area contributed by atoms with Gasteiger partial charge in [0.2, 0.25) is 0 Å². The third-order valence-corrected chi connectivity index (χ3v) is 6.56. The van der Waals surface area contributed by atoms with Gasteiger partial charge in [0.05, 0.1) is 5.69 Å². The summed E-state index contributed by atoms with van der Waals surface area (Å²) in [5, 5.41) is 7.50. The summed E-state index contributed by atoms with van der Waals surface area (Å²) >= 11 is 0. The maximum atomic E-state index is 12.4. The molecule has 0 spiro atoms. The number of aryl methyl sites for hydroxylation is 1. The lowest BCUT2D eigenvalue weighted by Crippen LogP contribution is -2.42. The third kappa shape index (κ3) is 5.08. The van der Waals surface area contributed by atoms with Crippen molar-refractivity contribution >= 4 is 11.7 Å². The van der Waals surface area contributed by atoms with Gasteiger partial charge in [-0.15, -0.1) is 0 Å². The van der Waals surface area contributed by atoms with Crippen LogP contribution in [-0.4, -0.2) is 34.6 Å². The summed E-state index contributed by atoms with van der Waals surface area (Å²) in [6.07, 6.45) is 1.44. The molecule has 2 heterocycles. The monoisotopic (exact) mass is 464 g/mol. The van der Waals surface area contributed by atoms with Crippen molar-refractivity contribution in [3.63, 3.8) is 0 Å². The zero-order chi connectivity index (χ0) is 24.4. The Labute approximate surface area is 204 Å². The first-order valence-electron chi connectivity index (χ1n) is 11.9. The number of Topliss-reactive ketones (excluding diaryl/α,β-unsaturated/α-hetero) is 1. The lowest BCUT2D eigenvalue weighted by molar-refractivity contribution is 0.0944. The van der Waals surface area contributed by atoms with Gasteiger partial charge in [-0.1, -0.05) is 60.7 Å². The van der Waals surface area contributed by atoms with E-state index in [4.69, 9.17) is 5.73 Å². The minimum Gasteiger partial charge on any atom is -0.364 e. The maximum Gasteiger partial charge on any atom is 0.269 e. The number of rotatable bonds is 8. The molecular formula is C29H28N4O2. The smallest absolute Gasteiger partial charge is 0.269 e. The molecule has 35 heavy (non-hydrogen) atoms. The molecule has 0 radical (unpaired) electrons. The number of primary amides is 1. The number of aromatic nitrogens is 2. The number of nitrogens with zero attached hydrogens (tertiary/aromatic N) is 2. The van der Waals surface area contributed by atoms with Crippen molar-refractivity contribution in [2.75, 3.05) is 13.1 Å². The fourth-order valence-electron chi connectivity index (χ4n) is 4.38. The Morgan fingerprint density at radius 3 is 2.00 bits per heavy atom. The molecule has 0 saturated carbocycles. The molecule has 0 atom stereocenters. The van der Waals surface area contributed by atoms with Gasteiger partial charge in [0.1, 0.15) is 0 Å². The van der Waals surface area contributed by atoms with Gasteiger partial charge in [-0.25, -0.2) is 4.68 Å². The lowest BCUT2D eigenvalue weighted by atomic mass is 9.93. The van der Waals surface area contributed by atoms with Crippen molar-refractivity contribution in [3.05, 3.63) is 107 Å². The molecule has 3 N–H and O–H groups in total. The molecule has 6 nitrogen and oxygen atoms in total. The second-order valence-electron chi connectivity index (χ2n) is 9.22. The quantitative estimate of drug-likeness (QED) is 0.380. The normalized spacial score (nSPS) is 13.4. The summed E-state index contributed by atoms with van der Waals surface area (Å²) < 4.78 is 1.72. The van der Waals surface area contributed by atoms with Gasteiger partial charge >= 0.3 is 0 Å². The standard InChI is InChI=1S/C29H28N4O2/c1-19-14-27(29(30)35)32-33(19)26-12-4-21(5-13-26)15-20-2-6-23(7-3-20)24-8-10-25(11-9-24)28(34)16-22-17-31-18-22/h2-14,22,31H,15-18H2,1H3,(H2,30,35). The second-order valence-corrected chi connectivity index (χ2v) is 9.22. The number of carbonyl (C=O) groups excluding carboxylic acids is 2. The van der Waals surface area contributed by atoms with E-state index < -0.39 is 5.91 Å². The average Bonchev–Trinajstić information content (AvgIpc) is 3.24. The average molecular weight is 465 g/mol. The highest BCUT2D eigenvalue weighted by molar-refractivity contribution is 5.96. The van der Waals surface area contributed by atoms with E-state index in [0.29, 0.717) is 12.3 Å². The number of benzene rings is 3. The lowest BCUT2D eigenvalue weighted by Gasteiger charge is -2.26. The van der Waals surface area contributed by atoms with E-state index in [0.717, 1.165) is 47.6 Å². The van der Waals surface area contributed by atoms with Crippen molar-refractivity contribution in [1.29, 1.82) is 0 Å². The Hall–Kier alpha value is -4.03. The highest BCUT2D eigenvalue weighted by Crippen LogP contribution is 2.23. The summed E-state index contributed by atoms with van der Waals surface area (Å²) in [7, 11) is 0. The molecule has 4 aromatic rings. The van der Waals surface area contributed by atoms with Gasteiger partial charge in [-0.05, 0) is 72.8 Å². The fraction of sp³-hybridized carbons (Fsp3) is 0.207. The number of carbonyl (C=O) groups is 2.